The van der Waals surface area contributed by atoms with Gasteiger partial charge in [-0.25, -0.2) is 4.39 Å². The summed E-state index contributed by atoms with van der Waals surface area (Å²) in [6.07, 6.45) is -4.47. The van der Waals surface area contributed by atoms with E-state index in [0.717, 1.165) is 12.1 Å². The Morgan fingerprint density at radius 1 is 1.22 bits per heavy atom. The lowest BCUT2D eigenvalue weighted by Gasteiger charge is -2.08. The molecule has 0 aliphatic carbocycles. The molecule has 8 heteroatoms. The zero-order chi connectivity index (χ0) is 19.8. The number of aromatic nitrogens is 2. The maximum atomic E-state index is 14.0. The van der Waals surface area contributed by atoms with Gasteiger partial charge in [0.25, 0.3) is 0 Å². The molecule has 0 spiro atoms. The van der Waals surface area contributed by atoms with Crippen molar-refractivity contribution in [3.63, 3.8) is 0 Å². The van der Waals surface area contributed by atoms with E-state index in [-0.39, 0.29) is 24.0 Å². The normalized spacial score (nSPS) is 13.1. The molecule has 0 aliphatic heterocycles. The number of alkyl halides is 3. The number of fused-ring (bicyclic) bond motifs is 1. The highest BCUT2D eigenvalue weighted by Gasteiger charge is 2.31. The van der Waals surface area contributed by atoms with Crippen molar-refractivity contribution in [3.05, 3.63) is 65.1 Å². The predicted octanol–water partition coefficient (Wildman–Crippen LogP) is 4.51. The first-order chi connectivity index (χ1) is 12.7. The maximum absolute atomic E-state index is 14.0. The summed E-state index contributed by atoms with van der Waals surface area (Å²) in [5.41, 5.74) is -0.0229. The molecular weight excluding hydrogens is 364 g/mol. The van der Waals surface area contributed by atoms with Gasteiger partial charge < -0.3 is 5.11 Å². The number of carboxylic acids is 1. The van der Waals surface area contributed by atoms with Crippen LogP contribution >= 0.6 is 0 Å². The number of hydrogen-bond acceptors (Lipinski definition) is 2. The molecule has 3 rings (SSSR count). The number of hydrogen-bond donors (Lipinski definition) is 1. The summed E-state index contributed by atoms with van der Waals surface area (Å²) in [6, 6.07) is 9.10. The van der Waals surface area contributed by atoms with Gasteiger partial charge in [-0.3, -0.25) is 9.48 Å². The summed E-state index contributed by atoms with van der Waals surface area (Å²) in [7, 11) is 0. The van der Waals surface area contributed by atoms with E-state index in [2.05, 4.69) is 5.10 Å². The second kappa shape index (κ2) is 7.02. The zero-order valence-electron chi connectivity index (χ0n) is 14.3. The number of benzene rings is 2. The third kappa shape index (κ3) is 3.94. The monoisotopic (exact) mass is 380 g/mol. The molecule has 3 aromatic rings. The first kappa shape index (κ1) is 18.9. The molecule has 27 heavy (non-hydrogen) atoms. The van der Waals surface area contributed by atoms with Gasteiger partial charge in [0.2, 0.25) is 0 Å². The van der Waals surface area contributed by atoms with Crippen LogP contribution in [-0.2, 0) is 23.9 Å². The largest absolute Gasteiger partial charge is 0.481 e. The Morgan fingerprint density at radius 2 is 1.93 bits per heavy atom. The van der Waals surface area contributed by atoms with Crippen LogP contribution in [0.4, 0.5) is 17.6 Å². The Labute approximate surface area is 152 Å². The molecule has 2 aromatic carbocycles. The van der Waals surface area contributed by atoms with Crippen molar-refractivity contribution in [2.45, 2.75) is 26.1 Å². The molecule has 1 aromatic heterocycles. The van der Waals surface area contributed by atoms with Crippen molar-refractivity contribution >= 4 is 16.9 Å². The van der Waals surface area contributed by atoms with Gasteiger partial charge in [-0.2, -0.15) is 18.3 Å². The minimum atomic E-state index is -4.53. The Bertz CT molecular complexity index is 995. The van der Waals surface area contributed by atoms with Crippen molar-refractivity contribution in [3.8, 4) is 0 Å². The fraction of sp³-hybridized carbons (Fsp3) is 0.263. The summed E-state index contributed by atoms with van der Waals surface area (Å²) < 4.78 is 54.5. The fourth-order valence-corrected chi connectivity index (χ4v) is 2.86. The lowest BCUT2D eigenvalue weighted by Crippen LogP contribution is -2.13. The van der Waals surface area contributed by atoms with Crippen molar-refractivity contribution in [2.24, 2.45) is 5.92 Å². The standard InChI is InChI=1S/C19H16F4N2O2/c1-11(18(26)27)8-16-14-7-6-13(19(21,22)23)9-17(14)25(24-16)10-12-4-2-3-5-15(12)20/h2-7,9,11H,8,10H2,1H3,(H,26,27). The topological polar surface area (TPSA) is 55.1 Å². The third-order valence-corrected chi connectivity index (χ3v) is 4.35. The molecule has 0 fully saturated rings. The highest BCUT2D eigenvalue weighted by molar-refractivity contribution is 5.83. The Morgan fingerprint density at radius 3 is 2.56 bits per heavy atom. The van der Waals surface area contributed by atoms with E-state index >= 15 is 0 Å². The van der Waals surface area contributed by atoms with E-state index in [1.807, 2.05) is 0 Å². The lowest BCUT2D eigenvalue weighted by atomic mass is 10.0. The van der Waals surface area contributed by atoms with Gasteiger partial charge in [0.15, 0.2) is 0 Å². The third-order valence-electron chi connectivity index (χ3n) is 4.35. The van der Waals surface area contributed by atoms with Gasteiger partial charge in [0, 0.05) is 17.4 Å². The van der Waals surface area contributed by atoms with Crippen LogP contribution in [0.1, 0.15) is 23.7 Å². The van der Waals surface area contributed by atoms with Gasteiger partial charge in [0.05, 0.1) is 29.2 Å². The van der Waals surface area contributed by atoms with Crippen LogP contribution in [0.5, 0.6) is 0 Å². The minimum absolute atomic E-state index is 0.0570. The van der Waals surface area contributed by atoms with Crippen LogP contribution in [0.2, 0.25) is 0 Å². The first-order valence-corrected chi connectivity index (χ1v) is 8.19. The fourth-order valence-electron chi connectivity index (χ4n) is 2.86. The minimum Gasteiger partial charge on any atom is -0.481 e. The second-order valence-electron chi connectivity index (χ2n) is 6.37. The smallest absolute Gasteiger partial charge is 0.416 e. The summed E-state index contributed by atoms with van der Waals surface area (Å²) >= 11 is 0. The van der Waals surface area contributed by atoms with Crippen molar-refractivity contribution in [2.75, 3.05) is 0 Å². The quantitative estimate of drug-likeness (QED) is 0.663. The summed E-state index contributed by atoms with van der Waals surface area (Å²) in [6.45, 7) is 1.43. The van der Waals surface area contributed by atoms with Crippen molar-refractivity contribution in [1.29, 1.82) is 0 Å². The van der Waals surface area contributed by atoms with Gasteiger partial charge in [-0.05, 0) is 18.2 Å². The highest BCUT2D eigenvalue weighted by Crippen LogP contribution is 2.33. The Hall–Kier alpha value is -2.90. The number of rotatable bonds is 5. The van der Waals surface area contributed by atoms with E-state index < -0.39 is 29.4 Å². The highest BCUT2D eigenvalue weighted by atomic mass is 19.4. The molecule has 4 nitrogen and oxygen atoms in total. The Kier molecular flexibility index (Phi) is 4.91. The van der Waals surface area contributed by atoms with E-state index in [0.29, 0.717) is 11.1 Å². The average Bonchev–Trinajstić information content (AvgIpc) is 2.93. The molecule has 0 saturated carbocycles. The van der Waals surface area contributed by atoms with Crippen molar-refractivity contribution < 1.29 is 27.5 Å². The number of halogens is 4. The van der Waals surface area contributed by atoms with E-state index in [9.17, 15) is 22.4 Å². The molecule has 0 saturated heterocycles. The van der Waals surface area contributed by atoms with Crippen LogP contribution in [0.15, 0.2) is 42.5 Å². The lowest BCUT2D eigenvalue weighted by molar-refractivity contribution is -0.141. The molecule has 142 valence electrons. The van der Waals surface area contributed by atoms with E-state index in [1.165, 1.54) is 35.9 Å². The molecule has 1 unspecified atom stereocenters. The number of carbonyl (C=O) groups is 1. The molecule has 0 amide bonds. The number of aliphatic carboxylic acids is 1. The van der Waals surface area contributed by atoms with Gasteiger partial charge in [-0.1, -0.05) is 31.2 Å². The van der Waals surface area contributed by atoms with Crippen LogP contribution in [0, 0.1) is 11.7 Å². The van der Waals surface area contributed by atoms with Gasteiger partial charge in [-0.15, -0.1) is 0 Å². The molecule has 1 heterocycles. The molecular formula is C19H16F4N2O2. The van der Waals surface area contributed by atoms with Crippen molar-refractivity contribution in [1.82, 2.24) is 9.78 Å². The number of carboxylic acid groups (broad SMARTS) is 1. The van der Waals surface area contributed by atoms with Gasteiger partial charge >= 0.3 is 12.1 Å². The summed E-state index contributed by atoms with van der Waals surface area (Å²) in [5.74, 6) is -2.28. The summed E-state index contributed by atoms with van der Waals surface area (Å²) in [4.78, 5) is 11.1. The SMILES string of the molecule is CC(Cc1nn(Cc2ccccc2F)c2cc(C(F)(F)F)ccc12)C(=O)O. The van der Waals surface area contributed by atoms with Crippen LogP contribution < -0.4 is 0 Å². The molecule has 1 atom stereocenters. The molecule has 0 bridgehead atoms. The molecule has 0 radical (unpaired) electrons. The number of nitrogens with zero attached hydrogens (tertiary/aromatic N) is 2. The maximum Gasteiger partial charge on any atom is 0.416 e. The van der Waals surface area contributed by atoms with Gasteiger partial charge in [0.1, 0.15) is 5.82 Å². The second-order valence-corrected chi connectivity index (χ2v) is 6.37. The Balaban J connectivity index is 2.12. The van der Waals surface area contributed by atoms with Crippen LogP contribution in [0.25, 0.3) is 10.9 Å². The molecule has 0 aliphatic rings. The van der Waals surface area contributed by atoms with Crippen LogP contribution in [-0.4, -0.2) is 20.9 Å². The summed E-state index contributed by atoms with van der Waals surface area (Å²) in [5, 5.41) is 13.8. The zero-order valence-corrected chi connectivity index (χ0v) is 14.3. The molecule has 1 N–H and O–H groups in total. The van der Waals surface area contributed by atoms with Crippen LogP contribution in [0.3, 0.4) is 0 Å². The predicted molar refractivity (Wildman–Crippen MR) is 90.7 cm³/mol. The van der Waals surface area contributed by atoms with E-state index in [1.54, 1.807) is 6.07 Å². The van der Waals surface area contributed by atoms with E-state index in [4.69, 9.17) is 5.11 Å². The first-order valence-electron chi connectivity index (χ1n) is 8.19. The average molecular weight is 380 g/mol.